The summed E-state index contributed by atoms with van der Waals surface area (Å²) in [6.45, 7) is 6.64. The summed E-state index contributed by atoms with van der Waals surface area (Å²) in [7, 11) is 1.33. The number of hydrogen-bond donors (Lipinski definition) is 2. The summed E-state index contributed by atoms with van der Waals surface area (Å²) < 4.78 is 4.90. The number of amides is 1. The topological polar surface area (TPSA) is 70.7 Å². The van der Waals surface area contributed by atoms with Gasteiger partial charge in [0.15, 0.2) is 5.11 Å². The van der Waals surface area contributed by atoms with Crippen LogP contribution < -0.4 is 15.5 Å². The third-order valence-electron chi connectivity index (χ3n) is 5.04. The van der Waals surface area contributed by atoms with Gasteiger partial charge in [-0.1, -0.05) is 62.4 Å². The van der Waals surface area contributed by atoms with Crippen molar-refractivity contribution in [3.8, 4) is 0 Å². The number of carbonyl (C=O) groups is 2. The highest BCUT2D eigenvalue weighted by atomic mass is 32.1. The van der Waals surface area contributed by atoms with Gasteiger partial charge >= 0.3 is 5.97 Å². The number of nitrogens with zero attached hydrogens (tertiary/aromatic N) is 1. The summed E-state index contributed by atoms with van der Waals surface area (Å²) in [5, 5.41) is 6.54. The summed E-state index contributed by atoms with van der Waals surface area (Å²) in [6.07, 6.45) is 0.917. The highest BCUT2D eigenvalue weighted by Gasteiger charge is 2.28. The summed E-state index contributed by atoms with van der Waals surface area (Å²) >= 11 is 5.67. The van der Waals surface area contributed by atoms with Crippen LogP contribution in [0.4, 0.5) is 5.69 Å². The van der Waals surface area contributed by atoms with Crippen LogP contribution in [0.2, 0.25) is 0 Å². The zero-order valence-corrected chi connectivity index (χ0v) is 20.0. The first-order valence-corrected chi connectivity index (χ1v) is 11.3. The number of ether oxygens (including phenoxy) is 1. The fourth-order valence-electron chi connectivity index (χ4n) is 3.44. The van der Waals surface area contributed by atoms with E-state index in [2.05, 4.69) is 10.6 Å². The Morgan fingerprint density at radius 2 is 1.56 bits per heavy atom. The van der Waals surface area contributed by atoms with E-state index in [4.69, 9.17) is 17.0 Å². The van der Waals surface area contributed by atoms with E-state index in [-0.39, 0.29) is 11.8 Å². The van der Waals surface area contributed by atoms with Gasteiger partial charge in [0, 0.05) is 18.7 Å². The molecule has 1 amide bonds. The minimum Gasteiger partial charge on any atom is -0.467 e. The Hall–Kier alpha value is -2.93. The Balaban J connectivity index is 2.23. The van der Waals surface area contributed by atoms with E-state index >= 15 is 0 Å². The molecule has 2 aromatic rings. The van der Waals surface area contributed by atoms with Gasteiger partial charge in [-0.3, -0.25) is 4.79 Å². The number of nitrogens with one attached hydrogen (secondary N) is 2. The zero-order valence-electron chi connectivity index (χ0n) is 19.2. The van der Waals surface area contributed by atoms with Gasteiger partial charge in [0.2, 0.25) is 5.91 Å². The number of anilines is 1. The Morgan fingerprint density at radius 3 is 2.09 bits per heavy atom. The molecule has 2 atom stereocenters. The molecule has 0 aromatic heterocycles. The summed E-state index contributed by atoms with van der Waals surface area (Å²) in [4.78, 5) is 27.5. The van der Waals surface area contributed by atoms with Crippen LogP contribution in [0.25, 0.3) is 0 Å². The van der Waals surface area contributed by atoms with Crippen molar-refractivity contribution in [3.63, 3.8) is 0 Å². The van der Waals surface area contributed by atoms with Gasteiger partial charge in [-0.25, -0.2) is 4.79 Å². The van der Waals surface area contributed by atoms with Crippen LogP contribution in [0.15, 0.2) is 60.7 Å². The van der Waals surface area contributed by atoms with Crippen molar-refractivity contribution >= 4 is 34.9 Å². The number of thiocarbonyl (C=S) groups is 1. The second kappa shape index (κ2) is 12.8. The Bertz CT molecular complexity index is 875. The predicted molar refractivity (Wildman–Crippen MR) is 133 cm³/mol. The molecule has 0 aliphatic rings. The average molecular weight is 456 g/mol. The SMILES string of the molecule is CCN(C(=S)N[C@@H](Cc1ccccc1)C(=O)N[C@H](CC(C)C)C(=O)OC)c1ccccc1. The maximum Gasteiger partial charge on any atom is 0.328 e. The van der Waals surface area contributed by atoms with E-state index in [0.717, 1.165) is 11.3 Å². The molecule has 2 rings (SSSR count). The molecule has 0 bridgehead atoms. The molecule has 0 fully saturated rings. The van der Waals surface area contributed by atoms with Crippen LogP contribution in [-0.2, 0) is 20.7 Å². The molecule has 2 aromatic carbocycles. The summed E-state index contributed by atoms with van der Waals surface area (Å²) in [5.41, 5.74) is 1.93. The molecule has 172 valence electrons. The van der Waals surface area contributed by atoms with E-state index in [0.29, 0.717) is 24.5 Å². The first-order chi connectivity index (χ1) is 15.3. The Morgan fingerprint density at radius 1 is 0.969 bits per heavy atom. The van der Waals surface area contributed by atoms with Crippen LogP contribution in [0.1, 0.15) is 32.8 Å². The predicted octanol–water partition coefficient (Wildman–Crippen LogP) is 3.70. The van der Waals surface area contributed by atoms with E-state index in [1.807, 2.05) is 86.3 Å². The van der Waals surface area contributed by atoms with Gasteiger partial charge in [0.05, 0.1) is 7.11 Å². The highest BCUT2D eigenvalue weighted by Crippen LogP contribution is 2.14. The normalized spacial score (nSPS) is 12.5. The van der Waals surface area contributed by atoms with Crippen molar-refractivity contribution in [1.29, 1.82) is 0 Å². The minimum atomic E-state index is -0.711. The number of para-hydroxylation sites is 1. The van der Waals surface area contributed by atoms with Gasteiger partial charge in [-0.15, -0.1) is 0 Å². The fraction of sp³-hybridized carbons (Fsp3) is 0.400. The van der Waals surface area contributed by atoms with E-state index in [1.165, 1.54) is 7.11 Å². The van der Waals surface area contributed by atoms with Crippen LogP contribution in [0.3, 0.4) is 0 Å². The molecular formula is C25H33N3O3S. The highest BCUT2D eigenvalue weighted by molar-refractivity contribution is 7.80. The van der Waals surface area contributed by atoms with Gasteiger partial charge in [-0.2, -0.15) is 0 Å². The first-order valence-electron chi connectivity index (χ1n) is 10.9. The average Bonchev–Trinajstić information content (AvgIpc) is 2.79. The molecule has 32 heavy (non-hydrogen) atoms. The third-order valence-corrected chi connectivity index (χ3v) is 5.37. The second-order valence-corrected chi connectivity index (χ2v) is 8.37. The van der Waals surface area contributed by atoms with Gasteiger partial charge in [0.25, 0.3) is 0 Å². The fourth-order valence-corrected chi connectivity index (χ4v) is 3.81. The minimum absolute atomic E-state index is 0.217. The number of methoxy groups -OCH3 is 1. The number of carbonyl (C=O) groups excluding carboxylic acids is 2. The first kappa shape index (κ1) is 25.3. The lowest BCUT2D eigenvalue weighted by Gasteiger charge is -2.29. The van der Waals surface area contributed by atoms with Crippen LogP contribution in [-0.4, -0.2) is 42.7 Å². The van der Waals surface area contributed by atoms with Crippen LogP contribution in [0, 0.1) is 5.92 Å². The van der Waals surface area contributed by atoms with Crippen molar-refractivity contribution in [2.75, 3.05) is 18.6 Å². The van der Waals surface area contributed by atoms with Crippen molar-refractivity contribution in [2.24, 2.45) is 5.92 Å². The zero-order chi connectivity index (χ0) is 23.5. The molecule has 0 saturated carbocycles. The maximum absolute atomic E-state index is 13.3. The smallest absolute Gasteiger partial charge is 0.328 e. The molecule has 0 aliphatic carbocycles. The molecule has 0 spiro atoms. The van der Waals surface area contributed by atoms with Crippen molar-refractivity contribution in [2.45, 2.75) is 45.7 Å². The van der Waals surface area contributed by atoms with Crippen molar-refractivity contribution < 1.29 is 14.3 Å². The van der Waals surface area contributed by atoms with E-state index in [1.54, 1.807) is 0 Å². The molecule has 0 radical (unpaired) electrons. The standard InChI is InChI=1S/C25H33N3O3S/c1-5-28(20-14-10-7-11-15-20)25(32)27-21(17-19-12-8-6-9-13-19)23(29)26-22(16-18(2)3)24(30)31-4/h6-15,18,21-22H,5,16-17H2,1-4H3,(H,26,29)(H,27,32)/t21-,22+/m0/s1. The lowest BCUT2D eigenvalue weighted by molar-refractivity contribution is -0.145. The number of rotatable bonds is 10. The summed E-state index contributed by atoms with van der Waals surface area (Å²) in [5.74, 6) is -0.529. The van der Waals surface area contributed by atoms with Crippen molar-refractivity contribution in [3.05, 3.63) is 66.2 Å². The van der Waals surface area contributed by atoms with Gasteiger partial charge in [0.1, 0.15) is 12.1 Å². The molecule has 0 unspecified atom stereocenters. The largest absolute Gasteiger partial charge is 0.467 e. The second-order valence-electron chi connectivity index (χ2n) is 7.99. The lowest BCUT2D eigenvalue weighted by Crippen LogP contribution is -2.55. The Kier molecular flexibility index (Phi) is 10.1. The number of hydrogen-bond acceptors (Lipinski definition) is 4. The lowest BCUT2D eigenvalue weighted by atomic mass is 10.0. The number of esters is 1. The van der Waals surface area contributed by atoms with Crippen LogP contribution in [0.5, 0.6) is 0 Å². The van der Waals surface area contributed by atoms with Gasteiger partial charge < -0.3 is 20.3 Å². The van der Waals surface area contributed by atoms with E-state index in [9.17, 15) is 9.59 Å². The third kappa shape index (κ3) is 7.64. The maximum atomic E-state index is 13.3. The molecule has 6 nitrogen and oxygen atoms in total. The Labute approximate surface area is 196 Å². The monoisotopic (exact) mass is 455 g/mol. The number of benzene rings is 2. The molecule has 0 saturated heterocycles. The summed E-state index contributed by atoms with van der Waals surface area (Å²) in [6, 6.07) is 18.1. The molecule has 0 aliphatic heterocycles. The quantitative estimate of drug-likeness (QED) is 0.421. The molecule has 0 heterocycles. The van der Waals surface area contributed by atoms with Crippen LogP contribution >= 0.6 is 12.2 Å². The molecular weight excluding hydrogens is 422 g/mol. The molecule has 2 N–H and O–H groups in total. The molecule has 7 heteroatoms. The van der Waals surface area contributed by atoms with E-state index < -0.39 is 18.1 Å². The van der Waals surface area contributed by atoms with Crippen molar-refractivity contribution in [1.82, 2.24) is 10.6 Å². The van der Waals surface area contributed by atoms with Gasteiger partial charge in [-0.05, 0) is 49.2 Å².